The zero-order chi connectivity index (χ0) is 14.7. The predicted octanol–water partition coefficient (Wildman–Crippen LogP) is 3.14. The van der Waals surface area contributed by atoms with Crippen molar-refractivity contribution in [2.45, 2.75) is 38.6 Å². The molecule has 3 nitrogen and oxygen atoms in total. The van der Waals surface area contributed by atoms with Gasteiger partial charge in [-0.2, -0.15) is 0 Å². The lowest BCUT2D eigenvalue weighted by Crippen LogP contribution is -2.35. The second-order valence-corrected chi connectivity index (χ2v) is 5.27. The number of carboxylic acids is 1. The van der Waals surface area contributed by atoms with Gasteiger partial charge in [0.1, 0.15) is 11.6 Å². The van der Waals surface area contributed by atoms with Crippen molar-refractivity contribution in [3.05, 3.63) is 34.9 Å². The molecule has 1 aliphatic heterocycles. The smallest absolute Gasteiger partial charge is 0.303 e. The summed E-state index contributed by atoms with van der Waals surface area (Å²) in [6, 6.07) is 2.31. The van der Waals surface area contributed by atoms with E-state index in [1.807, 2.05) is 6.92 Å². The molecule has 1 aromatic carbocycles. The highest BCUT2D eigenvalue weighted by Crippen LogP contribution is 2.31. The highest BCUT2D eigenvalue weighted by molar-refractivity contribution is 5.66. The van der Waals surface area contributed by atoms with Crippen LogP contribution in [0.1, 0.15) is 43.4 Å². The molecule has 1 aliphatic rings. The Balaban J connectivity index is 2.00. The van der Waals surface area contributed by atoms with E-state index >= 15 is 0 Å². The third-order valence-corrected chi connectivity index (χ3v) is 3.93. The lowest BCUT2D eigenvalue weighted by Gasteiger charge is -2.35. The minimum atomic E-state index is -0.786. The Hall–Kier alpha value is -1.49. The molecule has 110 valence electrons. The first kappa shape index (κ1) is 14.9. The predicted molar refractivity (Wildman–Crippen MR) is 71.5 cm³/mol. The van der Waals surface area contributed by atoms with E-state index in [0.717, 1.165) is 25.6 Å². The van der Waals surface area contributed by atoms with Crippen molar-refractivity contribution < 1.29 is 18.7 Å². The first-order valence-corrected chi connectivity index (χ1v) is 6.92. The van der Waals surface area contributed by atoms with Crippen molar-refractivity contribution >= 4 is 5.97 Å². The molecule has 0 saturated carbocycles. The number of benzene rings is 1. The van der Waals surface area contributed by atoms with Gasteiger partial charge in [0.05, 0.1) is 0 Å². The van der Waals surface area contributed by atoms with Crippen molar-refractivity contribution in [1.82, 2.24) is 4.90 Å². The molecule has 20 heavy (non-hydrogen) atoms. The maximum absolute atomic E-state index is 13.7. The van der Waals surface area contributed by atoms with Crippen LogP contribution in [-0.2, 0) is 11.2 Å². The standard InChI is InChI=1S/C15H19F2NO2/c1-10-13-8-11(16)9-14(17)12(13)5-7-18(10)6-3-2-4-15(19)20/h8-10H,2-7H2,1H3,(H,19,20). The number of carboxylic acid groups (broad SMARTS) is 1. The third kappa shape index (κ3) is 3.33. The van der Waals surface area contributed by atoms with Crippen LogP contribution in [0.3, 0.4) is 0 Å². The summed E-state index contributed by atoms with van der Waals surface area (Å²) in [5, 5.41) is 8.60. The summed E-state index contributed by atoms with van der Waals surface area (Å²) in [6.45, 7) is 3.42. The first-order chi connectivity index (χ1) is 9.49. The number of halogens is 2. The van der Waals surface area contributed by atoms with Gasteiger partial charge in [-0.05, 0) is 49.9 Å². The molecule has 0 radical (unpaired) electrons. The molecule has 0 spiro atoms. The van der Waals surface area contributed by atoms with Crippen LogP contribution in [0.2, 0.25) is 0 Å². The largest absolute Gasteiger partial charge is 0.481 e. The number of hydrogen-bond donors (Lipinski definition) is 1. The molecule has 1 atom stereocenters. The Bertz CT molecular complexity index is 505. The van der Waals surface area contributed by atoms with Crippen LogP contribution >= 0.6 is 0 Å². The third-order valence-electron chi connectivity index (χ3n) is 3.93. The summed E-state index contributed by atoms with van der Waals surface area (Å²) in [7, 11) is 0. The van der Waals surface area contributed by atoms with Crippen LogP contribution in [-0.4, -0.2) is 29.1 Å². The van der Waals surface area contributed by atoms with E-state index in [1.165, 1.54) is 6.07 Å². The van der Waals surface area contributed by atoms with Gasteiger partial charge in [-0.1, -0.05) is 0 Å². The molecule has 0 aromatic heterocycles. The quantitative estimate of drug-likeness (QED) is 0.844. The van der Waals surface area contributed by atoms with Gasteiger partial charge >= 0.3 is 5.97 Å². The Morgan fingerprint density at radius 1 is 1.40 bits per heavy atom. The van der Waals surface area contributed by atoms with Crippen LogP contribution in [0.4, 0.5) is 8.78 Å². The van der Waals surface area contributed by atoms with Crippen molar-refractivity contribution in [2.75, 3.05) is 13.1 Å². The Kier molecular flexibility index (Phi) is 4.70. The minimum Gasteiger partial charge on any atom is -0.481 e. The maximum atomic E-state index is 13.7. The van der Waals surface area contributed by atoms with Gasteiger partial charge in [0, 0.05) is 25.1 Å². The fourth-order valence-electron chi connectivity index (χ4n) is 2.80. The molecule has 1 heterocycles. The van der Waals surface area contributed by atoms with Crippen molar-refractivity contribution in [1.29, 1.82) is 0 Å². The van der Waals surface area contributed by atoms with Crippen LogP contribution < -0.4 is 0 Å². The molecular formula is C15H19F2NO2. The van der Waals surface area contributed by atoms with Gasteiger partial charge in [0.25, 0.3) is 0 Å². The number of hydrogen-bond acceptors (Lipinski definition) is 2. The maximum Gasteiger partial charge on any atom is 0.303 e. The second kappa shape index (κ2) is 6.31. The van der Waals surface area contributed by atoms with Gasteiger partial charge in [-0.15, -0.1) is 0 Å². The average Bonchev–Trinajstić information content (AvgIpc) is 2.37. The zero-order valence-electron chi connectivity index (χ0n) is 11.5. The van der Waals surface area contributed by atoms with Crippen LogP contribution in [0.5, 0.6) is 0 Å². The van der Waals surface area contributed by atoms with Gasteiger partial charge in [-0.25, -0.2) is 8.78 Å². The van der Waals surface area contributed by atoms with E-state index < -0.39 is 17.6 Å². The van der Waals surface area contributed by atoms with Gasteiger partial charge in [0.2, 0.25) is 0 Å². The van der Waals surface area contributed by atoms with E-state index in [4.69, 9.17) is 5.11 Å². The van der Waals surface area contributed by atoms with Crippen LogP contribution in [0.25, 0.3) is 0 Å². The van der Waals surface area contributed by atoms with E-state index in [-0.39, 0.29) is 12.5 Å². The highest BCUT2D eigenvalue weighted by Gasteiger charge is 2.26. The first-order valence-electron chi connectivity index (χ1n) is 6.92. The minimum absolute atomic E-state index is 0.0335. The monoisotopic (exact) mass is 283 g/mol. The summed E-state index contributed by atoms with van der Waals surface area (Å²) in [5.41, 5.74) is 1.33. The summed E-state index contributed by atoms with van der Waals surface area (Å²) >= 11 is 0. The molecule has 5 heteroatoms. The van der Waals surface area contributed by atoms with E-state index in [2.05, 4.69) is 4.90 Å². The van der Waals surface area contributed by atoms with E-state index in [1.54, 1.807) is 0 Å². The zero-order valence-corrected chi connectivity index (χ0v) is 11.5. The van der Waals surface area contributed by atoms with E-state index in [0.29, 0.717) is 24.0 Å². The molecule has 0 saturated heterocycles. The number of unbranched alkanes of at least 4 members (excludes halogenated alkanes) is 1. The normalized spacial score (nSPS) is 18.9. The van der Waals surface area contributed by atoms with Crippen LogP contribution in [0.15, 0.2) is 12.1 Å². The van der Waals surface area contributed by atoms with Gasteiger partial charge in [-0.3, -0.25) is 9.69 Å². The molecule has 1 N–H and O–H groups in total. The summed E-state index contributed by atoms with van der Waals surface area (Å²) in [6.07, 6.45) is 2.15. The molecule has 2 rings (SSSR count). The highest BCUT2D eigenvalue weighted by atomic mass is 19.1. The molecule has 1 unspecified atom stereocenters. The molecule has 0 bridgehead atoms. The Morgan fingerprint density at radius 3 is 2.85 bits per heavy atom. The lowest BCUT2D eigenvalue weighted by atomic mass is 9.92. The second-order valence-electron chi connectivity index (χ2n) is 5.27. The number of nitrogens with zero attached hydrogens (tertiary/aromatic N) is 1. The number of fused-ring (bicyclic) bond motifs is 1. The SMILES string of the molecule is CC1c2cc(F)cc(F)c2CCN1CCCCC(=O)O. The summed E-state index contributed by atoms with van der Waals surface area (Å²) < 4.78 is 27.0. The lowest BCUT2D eigenvalue weighted by molar-refractivity contribution is -0.137. The fraction of sp³-hybridized carbons (Fsp3) is 0.533. The van der Waals surface area contributed by atoms with Gasteiger partial charge in [0.15, 0.2) is 0 Å². The fourth-order valence-corrected chi connectivity index (χ4v) is 2.80. The van der Waals surface area contributed by atoms with Crippen molar-refractivity contribution in [2.24, 2.45) is 0 Å². The van der Waals surface area contributed by atoms with Crippen LogP contribution in [0, 0.1) is 11.6 Å². The van der Waals surface area contributed by atoms with E-state index in [9.17, 15) is 13.6 Å². The topological polar surface area (TPSA) is 40.5 Å². The Labute approximate surface area is 117 Å². The Morgan fingerprint density at radius 2 is 2.15 bits per heavy atom. The average molecular weight is 283 g/mol. The summed E-state index contributed by atoms with van der Waals surface area (Å²) in [5.74, 6) is -1.79. The number of carbonyl (C=O) groups is 1. The van der Waals surface area contributed by atoms with Gasteiger partial charge < -0.3 is 5.11 Å². The molecule has 0 fully saturated rings. The summed E-state index contributed by atoms with van der Waals surface area (Å²) in [4.78, 5) is 12.6. The molecule has 0 amide bonds. The van der Waals surface area contributed by atoms with Crippen molar-refractivity contribution in [3.8, 4) is 0 Å². The number of rotatable bonds is 5. The number of aliphatic carboxylic acids is 1. The molecule has 1 aromatic rings. The molecule has 0 aliphatic carbocycles. The molecular weight excluding hydrogens is 264 g/mol. The van der Waals surface area contributed by atoms with Crippen molar-refractivity contribution in [3.63, 3.8) is 0 Å².